The van der Waals surface area contributed by atoms with E-state index in [0.717, 1.165) is 28.6 Å². The number of amides is 2. The van der Waals surface area contributed by atoms with E-state index in [1.807, 2.05) is 24.3 Å². The number of amidine groups is 1. The summed E-state index contributed by atoms with van der Waals surface area (Å²) in [5, 5.41) is 8.51. The number of carbonyl (C=O) groups excluding carboxylic acids is 2. The number of hydrogen-bond acceptors (Lipinski definition) is 6. The molecule has 0 spiro atoms. The number of rotatable bonds is 6. The van der Waals surface area contributed by atoms with Gasteiger partial charge < -0.3 is 10.1 Å². The maximum Gasteiger partial charge on any atom is 0.262 e. The van der Waals surface area contributed by atoms with Gasteiger partial charge in [0.05, 0.1) is 24.6 Å². The number of ether oxygens (including phenoxy) is 1. The molecule has 2 amide bonds. The Bertz CT molecular complexity index is 1390. The summed E-state index contributed by atoms with van der Waals surface area (Å²) in [6.07, 6.45) is 0.332. The number of hydrogen-bond donors (Lipinski definition) is 1. The molecule has 0 aromatic heterocycles. The Kier molecular flexibility index (Phi) is 7.00. The molecule has 0 fully saturated rings. The number of methoxy groups -OCH3 is 1. The Hall–Kier alpha value is -4.05. The first kappa shape index (κ1) is 24.6. The first-order valence-electron chi connectivity index (χ1n) is 11.5. The van der Waals surface area contributed by atoms with Gasteiger partial charge in [0.15, 0.2) is 5.17 Å². The first-order chi connectivity index (χ1) is 17.9. The summed E-state index contributed by atoms with van der Waals surface area (Å²) in [6, 6.07) is 19.1. The highest BCUT2D eigenvalue weighted by Gasteiger charge is 2.39. The number of nitrogens with zero attached hydrogens (tertiary/aromatic N) is 3. The van der Waals surface area contributed by atoms with Gasteiger partial charge in [-0.15, -0.1) is 0 Å². The molecule has 1 N–H and O–H groups in total. The Morgan fingerprint density at radius 3 is 2.51 bits per heavy atom. The van der Waals surface area contributed by atoms with Crippen LogP contribution >= 0.6 is 11.8 Å². The number of para-hydroxylation sites is 1. The monoisotopic (exact) mass is 520 g/mol. The smallest absolute Gasteiger partial charge is 0.262 e. The van der Waals surface area contributed by atoms with E-state index in [2.05, 4.69) is 10.3 Å². The van der Waals surface area contributed by atoms with Gasteiger partial charge in [0.25, 0.3) is 5.91 Å². The lowest BCUT2D eigenvalue weighted by Crippen LogP contribution is -2.25. The molecule has 2 atom stereocenters. The van der Waals surface area contributed by atoms with Gasteiger partial charge >= 0.3 is 0 Å². The van der Waals surface area contributed by atoms with Crippen molar-refractivity contribution in [1.29, 1.82) is 0 Å². The van der Waals surface area contributed by atoms with Crippen molar-refractivity contribution in [3.63, 3.8) is 0 Å². The molecule has 2 aliphatic heterocycles. The number of hydrazone groups is 1. The standard InChI is InChI=1S/C27H22F2N4O3S/c1-36-19-12-8-16(9-13-19)22-14-23(17-6-10-18(28)11-7-17)33(32-22)27-31-26(35)24(37-27)15-25(34)30-21-5-3-2-4-20(21)29/h2-13,23-24H,14-15H2,1H3,(H,30,34)/t23-,24-/m1/s1. The van der Waals surface area contributed by atoms with Crippen molar-refractivity contribution < 1.29 is 23.1 Å². The summed E-state index contributed by atoms with van der Waals surface area (Å²) in [4.78, 5) is 29.4. The predicted octanol–water partition coefficient (Wildman–Crippen LogP) is 5.15. The second kappa shape index (κ2) is 10.5. The highest BCUT2D eigenvalue weighted by atomic mass is 32.2. The molecule has 0 unspecified atom stereocenters. The Labute approximate surface area is 216 Å². The number of thioether (sulfide) groups is 1. The summed E-state index contributed by atoms with van der Waals surface area (Å²) in [7, 11) is 1.59. The molecule has 0 saturated carbocycles. The molecule has 188 valence electrons. The SMILES string of the molecule is COc1ccc(C2=NN(C3=NC(=O)[C@@H](CC(=O)Nc4ccccc4F)S3)[C@@H](c3ccc(F)cc3)C2)cc1. The zero-order valence-corrected chi connectivity index (χ0v) is 20.5. The lowest BCUT2D eigenvalue weighted by atomic mass is 9.98. The minimum Gasteiger partial charge on any atom is -0.497 e. The molecule has 3 aromatic carbocycles. The lowest BCUT2D eigenvalue weighted by Gasteiger charge is -2.23. The second-order valence-corrected chi connectivity index (χ2v) is 9.63. The van der Waals surface area contributed by atoms with Gasteiger partial charge in [-0.3, -0.25) is 9.59 Å². The van der Waals surface area contributed by atoms with Crippen LogP contribution in [0.15, 0.2) is 82.9 Å². The Morgan fingerprint density at radius 1 is 1.08 bits per heavy atom. The van der Waals surface area contributed by atoms with Crippen LogP contribution in [0.3, 0.4) is 0 Å². The third kappa shape index (κ3) is 5.39. The maximum atomic E-state index is 13.9. The van der Waals surface area contributed by atoms with Crippen LogP contribution in [-0.4, -0.2) is 40.1 Å². The quantitative estimate of drug-likeness (QED) is 0.486. The fourth-order valence-electron chi connectivity index (χ4n) is 4.13. The van der Waals surface area contributed by atoms with E-state index in [4.69, 9.17) is 9.84 Å². The average molecular weight is 521 g/mol. The van der Waals surface area contributed by atoms with Crippen molar-refractivity contribution in [2.24, 2.45) is 10.1 Å². The van der Waals surface area contributed by atoms with Gasteiger partial charge in [0, 0.05) is 12.8 Å². The summed E-state index contributed by atoms with van der Waals surface area (Å²) in [6.45, 7) is 0. The minimum atomic E-state index is -0.768. The zero-order valence-electron chi connectivity index (χ0n) is 19.7. The minimum absolute atomic E-state index is 0.0498. The van der Waals surface area contributed by atoms with E-state index in [0.29, 0.717) is 17.3 Å². The van der Waals surface area contributed by atoms with E-state index in [1.165, 1.54) is 30.3 Å². The van der Waals surface area contributed by atoms with Crippen LogP contribution in [0, 0.1) is 11.6 Å². The largest absolute Gasteiger partial charge is 0.497 e. The highest BCUT2D eigenvalue weighted by Crippen LogP contribution is 2.38. The van der Waals surface area contributed by atoms with Crippen molar-refractivity contribution >= 4 is 40.1 Å². The third-order valence-electron chi connectivity index (χ3n) is 6.03. The van der Waals surface area contributed by atoms with E-state index in [9.17, 15) is 18.4 Å². The van der Waals surface area contributed by atoms with E-state index < -0.39 is 22.9 Å². The number of benzene rings is 3. The molecular formula is C27H22F2N4O3S. The lowest BCUT2D eigenvalue weighted by molar-refractivity contribution is -0.121. The molecule has 5 rings (SSSR count). The van der Waals surface area contributed by atoms with E-state index in [1.54, 1.807) is 30.3 Å². The normalized spacial score (nSPS) is 19.0. The van der Waals surface area contributed by atoms with Crippen LogP contribution in [0.5, 0.6) is 5.75 Å². The van der Waals surface area contributed by atoms with Crippen molar-refractivity contribution in [2.75, 3.05) is 12.4 Å². The molecule has 0 saturated heterocycles. The van der Waals surface area contributed by atoms with Crippen LogP contribution in [0.25, 0.3) is 0 Å². The van der Waals surface area contributed by atoms with Gasteiger partial charge in [0.2, 0.25) is 5.91 Å². The van der Waals surface area contributed by atoms with Crippen molar-refractivity contribution in [3.8, 4) is 5.75 Å². The number of aliphatic imine (C=N–C) groups is 1. The van der Waals surface area contributed by atoms with Gasteiger partial charge in [-0.1, -0.05) is 36.0 Å². The summed E-state index contributed by atoms with van der Waals surface area (Å²) >= 11 is 1.13. The molecule has 2 aliphatic rings. The van der Waals surface area contributed by atoms with Crippen LogP contribution in [0.2, 0.25) is 0 Å². The molecule has 37 heavy (non-hydrogen) atoms. The molecule has 7 nitrogen and oxygen atoms in total. The van der Waals surface area contributed by atoms with Gasteiger partial charge in [0.1, 0.15) is 22.6 Å². The zero-order chi connectivity index (χ0) is 25.9. The van der Waals surface area contributed by atoms with Crippen LogP contribution in [0.4, 0.5) is 14.5 Å². The van der Waals surface area contributed by atoms with Crippen LogP contribution < -0.4 is 10.1 Å². The van der Waals surface area contributed by atoms with E-state index in [-0.39, 0.29) is 24.0 Å². The molecular weight excluding hydrogens is 498 g/mol. The highest BCUT2D eigenvalue weighted by molar-refractivity contribution is 8.15. The molecule has 3 aromatic rings. The maximum absolute atomic E-state index is 13.9. The average Bonchev–Trinajstić information content (AvgIpc) is 3.50. The number of anilines is 1. The summed E-state index contributed by atoms with van der Waals surface area (Å²) in [5.41, 5.74) is 2.51. The van der Waals surface area contributed by atoms with Crippen molar-refractivity contribution in [3.05, 3.63) is 95.6 Å². The first-order valence-corrected chi connectivity index (χ1v) is 12.4. The van der Waals surface area contributed by atoms with Crippen LogP contribution in [-0.2, 0) is 9.59 Å². The molecule has 0 radical (unpaired) electrons. The van der Waals surface area contributed by atoms with Crippen molar-refractivity contribution in [2.45, 2.75) is 24.1 Å². The fourth-order valence-corrected chi connectivity index (χ4v) is 5.19. The van der Waals surface area contributed by atoms with Gasteiger partial charge in [-0.25, -0.2) is 13.8 Å². The molecule has 10 heteroatoms. The molecule has 0 bridgehead atoms. The summed E-state index contributed by atoms with van der Waals surface area (Å²) < 4.78 is 32.7. The van der Waals surface area contributed by atoms with Crippen molar-refractivity contribution in [1.82, 2.24) is 5.01 Å². The van der Waals surface area contributed by atoms with Gasteiger partial charge in [-0.05, 0) is 59.7 Å². The number of halogens is 2. The van der Waals surface area contributed by atoms with Crippen LogP contribution in [0.1, 0.15) is 30.0 Å². The Morgan fingerprint density at radius 2 is 1.81 bits per heavy atom. The summed E-state index contributed by atoms with van der Waals surface area (Å²) in [5.74, 6) is -1.15. The number of nitrogens with one attached hydrogen (secondary N) is 1. The predicted molar refractivity (Wildman–Crippen MR) is 139 cm³/mol. The topological polar surface area (TPSA) is 83.4 Å². The Balaban J connectivity index is 1.36. The van der Waals surface area contributed by atoms with E-state index >= 15 is 0 Å². The van der Waals surface area contributed by atoms with Gasteiger partial charge in [-0.2, -0.15) is 10.1 Å². The third-order valence-corrected chi connectivity index (χ3v) is 7.17. The fraction of sp³-hybridized carbons (Fsp3) is 0.185. The molecule has 2 heterocycles. The second-order valence-electron chi connectivity index (χ2n) is 8.46. The number of carbonyl (C=O) groups is 2. The molecule has 0 aliphatic carbocycles.